The van der Waals surface area contributed by atoms with Gasteiger partial charge >= 0.3 is 0 Å². The molecule has 1 aliphatic rings. The molecule has 2 nitrogen and oxygen atoms in total. The van der Waals surface area contributed by atoms with Crippen LogP contribution in [-0.2, 0) is 0 Å². The van der Waals surface area contributed by atoms with Gasteiger partial charge in [0.2, 0.25) is 0 Å². The summed E-state index contributed by atoms with van der Waals surface area (Å²) in [4.78, 5) is 0. The summed E-state index contributed by atoms with van der Waals surface area (Å²) in [5.74, 6) is 1.67. The molecule has 2 heteroatoms. The maximum atomic E-state index is 5.95. The zero-order valence-electron chi connectivity index (χ0n) is 9.94. The molecule has 86 valence electrons. The number of nitrogens with two attached hydrogens (primary N) is 1. The van der Waals surface area contributed by atoms with E-state index in [9.17, 15) is 0 Å². The Kier molecular flexibility index (Phi) is 3.30. The minimum Gasteiger partial charge on any atom is -0.497 e. The normalized spacial score (nSPS) is 17.7. The predicted octanol–water partition coefficient (Wildman–Crippen LogP) is 3.14. The first-order valence-corrected chi connectivity index (χ1v) is 5.82. The second-order valence-corrected chi connectivity index (χ2v) is 4.48. The average Bonchev–Trinajstić information content (AvgIpc) is 3.09. The lowest BCUT2D eigenvalue weighted by Crippen LogP contribution is -2.06. The monoisotopic (exact) mass is 217 g/mol. The van der Waals surface area contributed by atoms with Crippen LogP contribution in [0.2, 0.25) is 0 Å². The molecule has 0 aliphatic heterocycles. The SMILES string of the molecule is COc1ccc([C@H](C)N)c(/C=C/C2CC2)c1. The molecular formula is C14H19NO. The number of allylic oxidation sites excluding steroid dienone is 1. The standard InChI is InChI=1S/C14H19NO/c1-10(15)14-8-7-13(16-2)9-12(14)6-5-11-3-4-11/h5-11H,3-4,15H2,1-2H3/b6-5+/t10-/m0/s1. The zero-order chi connectivity index (χ0) is 11.5. The summed E-state index contributed by atoms with van der Waals surface area (Å²) in [5.41, 5.74) is 8.31. The van der Waals surface area contributed by atoms with Gasteiger partial charge in [-0.1, -0.05) is 18.2 Å². The molecule has 0 radical (unpaired) electrons. The van der Waals surface area contributed by atoms with E-state index in [4.69, 9.17) is 10.5 Å². The third-order valence-corrected chi connectivity index (χ3v) is 2.95. The highest BCUT2D eigenvalue weighted by Crippen LogP contribution is 2.32. The van der Waals surface area contributed by atoms with Gasteiger partial charge in [-0.3, -0.25) is 0 Å². The van der Waals surface area contributed by atoms with Crippen LogP contribution in [-0.4, -0.2) is 7.11 Å². The first-order valence-electron chi connectivity index (χ1n) is 5.82. The summed E-state index contributed by atoms with van der Waals surface area (Å²) < 4.78 is 5.24. The van der Waals surface area contributed by atoms with Crippen molar-refractivity contribution in [3.05, 3.63) is 35.4 Å². The Labute approximate surface area is 97.1 Å². The Balaban J connectivity index is 2.29. The minimum atomic E-state index is 0.0600. The molecule has 0 aromatic heterocycles. The summed E-state index contributed by atoms with van der Waals surface area (Å²) in [6, 6.07) is 6.13. The van der Waals surface area contributed by atoms with Crippen LogP contribution in [0.4, 0.5) is 0 Å². The predicted molar refractivity (Wildman–Crippen MR) is 67.4 cm³/mol. The molecule has 1 aromatic rings. The van der Waals surface area contributed by atoms with Crippen LogP contribution in [0.1, 0.15) is 36.9 Å². The van der Waals surface area contributed by atoms with E-state index < -0.39 is 0 Å². The van der Waals surface area contributed by atoms with E-state index in [1.54, 1.807) is 7.11 Å². The molecule has 2 rings (SSSR count). The van der Waals surface area contributed by atoms with Gasteiger partial charge in [0.15, 0.2) is 0 Å². The molecule has 1 saturated carbocycles. The van der Waals surface area contributed by atoms with E-state index >= 15 is 0 Å². The fourth-order valence-electron chi connectivity index (χ4n) is 1.77. The molecule has 0 saturated heterocycles. The molecule has 0 heterocycles. The highest BCUT2D eigenvalue weighted by atomic mass is 16.5. The van der Waals surface area contributed by atoms with E-state index in [-0.39, 0.29) is 6.04 Å². The van der Waals surface area contributed by atoms with Crippen LogP contribution in [0.5, 0.6) is 5.75 Å². The summed E-state index contributed by atoms with van der Waals surface area (Å²) >= 11 is 0. The Morgan fingerprint density at radius 2 is 2.19 bits per heavy atom. The van der Waals surface area contributed by atoms with Crippen LogP contribution in [0.25, 0.3) is 6.08 Å². The lowest BCUT2D eigenvalue weighted by molar-refractivity contribution is 0.414. The van der Waals surface area contributed by atoms with Crippen molar-refractivity contribution in [1.29, 1.82) is 0 Å². The smallest absolute Gasteiger partial charge is 0.119 e. The molecule has 2 N–H and O–H groups in total. The molecule has 1 aliphatic carbocycles. The topological polar surface area (TPSA) is 35.2 Å². The number of benzene rings is 1. The van der Waals surface area contributed by atoms with E-state index in [0.29, 0.717) is 0 Å². The van der Waals surface area contributed by atoms with Gasteiger partial charge in [0.05, 0.1) is 7.11 Å². The van der Waals surface area contributed by atoms with E-state index in [0.717, 1.165) is 11.7 Å². The van der Waals surface area contributed by atoms with Crippen molar-refractivity contribution in [2.45, 2.75) is 25.8 Å². The highest BCUT2D eigenvalue weighted by Gasteiger charge is 2.17. The third kappa shape index (κ3) is 2.64. The van der Waals surface area contributed by atoms with E-state index in [1.165, 1.54) is 24.0 Å². The largest absolute Gasteiger partial charge is 0.497 e. The summed E-state index contributed by atoms with van der Waals surface area (Å²) in [5, 5.41) is 0. The van der Waals surface area contributed by atoms with Crippen molar-refractivity contribution in [3.63, 3.8) is 0 Å². The van der Waals surface area contributed by atoms with Crippen molar-refractivity contribution < 1.29 is 4.74 Å². The van der Waals surface area contributed by atoms with Gasteiger partial charge in [-0.05, 0) is 48.9 Å². The van der Waals surface area contributed by atoms with Gasteiger partial charge in [-0.2, -0.15) is 0 Å². The van der Waals surface area contributed by atoms with Crippen molar-refractivity contribution in [3.8, 4) is 5.75 Å². The van der Waals surface area contributed by atoms with E-state index in [1.807, 2.05) is 13.0 Å². The molecule has 0 bridgehead atoms. The average molecular weight is 217 g/mol. The van der Waals surface area contributed by atoms with E-state index in [2.05, 4.69) is 24.3 Å². The number of hydrogen-bond donors (Lipinski definition) is 1. The maximum absolute atomic E-state index is 5.95. The van der Waals surface area contributed by atoms with Gasteiger partial charge < -0.3 is 10.5 Å². The minimum absolute atomic E-state index is 0.0600. The fourth-order valence-corrected chi connectivity index (χ4v) is 1.77. The van der Waals surface area contributed by atoms with Gasteiger partial charge in [0.25, 0.3) is 0 Å². The first kappa shape index (κ1) is 11.2. The van der Waals surface area contributed by atoms with Crippen LogP contribution in [0.3, 0.4) is 0 Å². The highest BCUT2D eigenvalue weighted by molar-refractivity contribution is 5.57. The lowest BCUT2D eigenvalue weighted by atomic mass is 10.0. The van der Waals surface area contributed by atoms with Crippen LogP contribution < -0.4 is 10.5 Å². The number of methoxy groups -OCH3 is 1. The van der Waals surface area contributed by atoms with Crippen LogP contribution in [0.15, 0.2) is 24.3 Å². The molecule has 0 unspecified atom stereocenters. The van der Waals surface area contributed by atoms with Gasteiger partial charge in [0.1, 0.15) is 5.75 Å². The number of ether oxygens (including phenoxy) is 1. The number of rotatable bonds is 4. The third-order valence-electron chi connectivity index (χ3n) is 2.95. The Bertz CT molecular complexity index is 392. The Morgan fingerprint density at radius 3 is 2.75 bits per heavy atom. The van der Waals surface area contributed by atoms with Gasteiger partial charge in [-0.25, -0.2) is 0 Å². The quantitative estimate of drug-likeness (QED) is 0.841. The molecule has 1 aromatic carbocycles. The summed E-state index contributed by atoms with van der Waals surface area (Å²) in [6.45, 7) is 2.01. The lowest BCUT2D eigenvalue weighted by Gasteiger charge is -2.11. The second-order valence-electron chi connectivity index (χ2n) is 4.48. The van der Waals surface area contributed by atoms with Crippen LogP contribution >= 0.6 is 0 Å². The second kappa shape index (κ2) is 4.71. The molecule has 0 spiro atoms. The van der Waals surface area contributed by atoms with Crippen molar-refractivity contribution in [2.75, 3.05) is 7.11 Å². The van der Waals surface area contributed by atoms with Crippen molar-refractivity contribution >= 4 is 6.08 Å². The van der Waals surface area contributed by atoms with Crippen LogP contribution in [0, 0.1) is 5.92 Å². The van der Waals surface area contributed by atoms with Crippen molar-refractivity contribution in [2.24, 2.45) is 11.7 Å². The number of hydrogen-bond acceptors (Lipinski definition) is 2. The van der Waals surface area contributed by atoms with Gasteiger partial charge in [0, 0.05) is 6.04 Å². The molecular weight excluding hydrogens is 198 g/mol. The summed E-state index contributed by atoms with van der Waals surface area (Å²) in [6.07, 6.45) is 7.11. The van der Waals surface area contributed by atoms with Crippen molar-refractivity contribution in [1.82, 2.24) is 0 Å². The fraction of sp³-hybridized carbons (Fsp3) is 0.429. The molecule has 0 amide bonds. The first-order chi connectivity index (χ1) is 7.70. The molecule has 1 atom stereocenters. The maximum Gasteiger partial charge on any atom is 0.119 e. The Morgan fingerprint density at radius 1 is 1.44 bits per heavy atom. The summed E-state index contributed by atoms with van der Waals surface area (Å²) in [7, 11) is 1.69. The Hall–Kier alpha value is -1.28. The van der Waals surface area contributed by atoms with Gasteiger partial charge in [-0.15, -0.1) is 0 Å². The molecule has 16 heavy (non-hydrogen) atoms. The zero-order valence-corrected chi connectivity index (χ0v) is 9.94. The molecule has 1 fully saturated rings.